The summed E-state index contributed by atoms with van der Waals surface area (Å²) in [5, 5.41) is 5.25. The van der Waals surface area contributed by atoms with Gasteiger partial charge in [0.15, 0.2) is 6.10 Å². The van der Waals surface area contributed by atoms with Crippen molar-refractivity contribution in [3.63, 3.8) is 0 Å². The molecule has 0 bridgehead atoms. The molecule has 0 aliphatic carbocycles. The maximum atomic E-state index is 13.1. The van der Waals surface area contributed by atoms with Crippen LogP contribution in [0.4, 0.5) is 0 Å². The molecule has 0 fully saturated rings. The van der Waals surface area contributed by atoms with Crippen LogP contribution in [0.3, 0.4) is 0 Å². The maximum Gasteiger partial charge on any atom is 0.347 e. The zero-order valence-electron chi connectivity index (χ0n) is 17.6. The third kappa shape index (κ3) is 5.39. The van der Waals surface area contributed by atoms with E-state index in [0.29, 0.717) is 44.0 Å². The number of esters is 1. The van der Waals surface area contributed by atoms with Crippen molar-refractivity contribution in [3.8, 4) is 5.75 Å². The Balaban J connectivity index is 2.08. The molecule has 32 heavy (non-hydrogen) atoms. The summed E-state index contributed by atoms with van der Waals surface area (Å²) < 4.78 is 13.4. The topological polar surface area (TPSA) is 82.8 Å². The number of carbonyl (C=O) groups excluding carboxylic acids is 1. The molecule has 0 amide bonds. The lowest BCUT2D eigenvalue weighted by Gasteiger charge is -2.17. The fourth-order valence-electron chi connectivity index (χ4n) is 2.95. The second-order valence-corrected chi connectivity index (χ2v) is 8.93. The van der Waals surface area contributed by atoms with Crippen LogP contribution in [0.5, 0.6) is 5.75 Å². The standard InChI is InChI=1S/C22H20Br2ClN3O4/c1-4-19-27-18-7-6-14(23)9-16(18)21(29)28(19)26-11-13-8-15(25)10-17(24)20(13)32-12(3)22(30)31-5-2/h6-12H,4-5H2,1-3H3/t12-/m0/s1. The van der Waals surface area contributed by atoms with E-state index in [-0.39, 0.29) is 12.2 Å². The van der Waals surface area contributed by atoms with E-state index in [1.807, 2.05) is 13.0 Å². The largest absolute Gasteiger partial charge is 0.477 e. The monoisotopic (exact) mass is 583 g/mol. The Hall–Kier alpha value is -2.23. The summed E-state index contributed by atoms with van der Waals surface area (Å²) in [5.74, 6) is 0.358. The number of benzene rings is 2. The Kier molecular flexibility index (Phi) is 8.08. The van der Waals surface area contributed by atoms with Gasteiger partial charge in [0.05, 0.1) is 28.2 Å². The zero-order valence-corrected chi connectivity index (χ0v) is 21.5. The first-order valence-corrected chi connectivity index (χ1v) is 11.8. The van der Waals surface area contributed by atoms with Gasteiger partial charge in [0.2, 0.25) is 0 Å². The van der Waals surface area contributed by atoms with E-state index in [1.54, 1.807) is 38.1 Å². The van der Waals surface area contributed by atoms with Gasteiger partial charge in [-0.1, -0.05) is 34.5 Å². The van der Waals surface area contributed by atoms with E-state index >= 15 is 0 Å². The third-order valence-corrected chi connectivity index (χ3v) is 5.75. The van der Waals surface area contributed by atoms with Gasteiger partial charge in [0, 0.05) is 21.5 Å². The van der Waals surface area contributed by atoms with Gasteiger partial charge in [-0.3, -0.25) is 4.79 Å². The summed E-state index contributed by atoms with van der Waals surface area (Å²) in [5.41, 5.74) is 0.774. The first-order valence-electron chi connectivity index (χ1n) is 9.83. The molecule has 7 nitrogen and oxygen atoms in total. The highest BCUT2D eigenvalue weighted by Gasteiger charge is 2.20. The Morgan fingerprint density at radius 2 is 2.03 bits per heavy atom. The third-order valence-electron chi connectivity index (χ3n) is 4.45. The van der Waals surface area contributed by atoms with Gasteiger partial charge >= 0.3 is 5.97 Å². The van der Waals surface area contributed by atoms with Crippen LogP contribution < -0.4 is 10.3 Å². The maximum absolute atomic E-state index is 13.1. The highest BCUT2D eigenvalue weighted by Crippen LogP contribution is 2.33. The average Bonchev–Trinajstić information content (AvgIpc) is 2.75. The van der Waals surface area contributed by atoms with Gasteiger partial charge in [-0.2, -0.15) is 9.78 Å². The first kappa shape index (κ1) is 24.4. The van der Waals surface area contributed by atoms with Gasteiger partial charge in [-0.05, 0) is 60.1 Å². The van der Waals surface area contributed by atoms with Crippen LogP contribution in [0.25, 0.3) is 10.9 Å². The molecular formula is C22H20Br2ClN3O4. The van der Waals surface area contributed by atoms with Gasteiger partial charge in [0.25, 0.3) is 5.56 Å². The molecule has 1 atom stereocenters. The molecule has 10 heteroatoms. The van der Waals surface area contributed by atoms with Crippen LogP contribution in [-0.2, 0) is 16.0 Å². The second kappa shape index (κ2) is 10.6. The van der Waals surface area contributed by atoms with Crippen LogP contribution in [0.2, 0.25) is 5.02 Å². The number of aryl methyl sites for hydroxylation is 1. The van der Waals surface area contributed by atoms with Crippen LogP contribution in [-0.4, -0.2) is 34.6 Å². The van der Waals surface area contributed by atoms with Crippen molar-refractivity contribution in [1.82, 2.24) is 9.66 Å². The van der Waals surface area contributed by atoms with E-state index in [2.05, 4.69) is 41.9 Å². The molecule has 0 saturated heterocycles. The number of halogens is 3. The molecule has 0 saturated carbocycles. The quantitative estimate of drug-likeness (QED) is 0.276. The van der Waals surface area contributed by atoms with Gasteiger partial charge in [-0.15, -0.1) is 0 Å². The number of ether oxygens (including phenoxy) is 2. The summed E-state index contributed by atoms with van der Waals surface area (Å²) >= 11 is 13.0. The van der Waals surface area contributed by atoms with Crippen molar-refractivity contribution in [3.05, 3.63) is 66.0 Å². The molecule has 3 rings (SSSR count). The Morgan fingerprint density at radius 3 is 2.72 bits per heavy atom. The van der Waals surface area contributed by atoms with E-state index in [1.165, 1.54) is 10.9 Å². The summed E-state index contributed by atoms with van der Waals surface area (Å²) in [6.07, 6.45) is 1.10. The highest BCUT2D eigenvalue weighted by atomic mass is 79.9. The number of carbonyl (C=O) groups is 1. The summed E-state index contributed by atoms with van der Waals surface area (Å²) in [4.78, 5) is 29.7. The van der Waals surface area contributed by atoms with E-state index < -0.39 is 12.1 Å². The lowest BCUT2D eigenvalue weighted by molar-refractivity contribution is -0.150. The Morgan fingerprint density at radius 1 is 1.28 bits per heavy atom. The molecule has 0 unspecified atom stereocenters. The molecule has 0 N–H and O–H groups in total. The average molecular weight is 586 g/mol. The van der Waals surface area contributed by atoms with Crippen LogP contribution in [0.1, 0.15) is 32.2 Å². The number of hydrogen-bond donors (Lipinski definition) is 0. The zero-order chi connectivity index (χ0) is 23.4. The van der Waals surface area contributed by atoms with Crippen LogP contribution in [0.15, 0.2) is 49.2 Å². The van der Waals surface area contributed by atoms with Crippen molar-refractivity contribution in [2.24, 2.45) is 5.10 Å². The van der Waals surface area contributed by atoms with Crippen molar-refractivity contribution in [1.29, 1.82) is 0 Å². The first-order chi connectivity index (χ1) is 15.2. The smallest absolute Gasteiger partial charge is 0.347 e. The SMILES string of the molecule is CCOC(=O)[C@H](C)Oc1c(Br)cc(Cl)cc1C=Nn1c(CC)nc2ccc(Br)cc2c1=O. The van der Waals surface area contributed by atoms with Gasteiger partial charge < -0.3 is 9.47 Å². The lowest BCUT2D eigenvalue weighted by Crippen LogP contribution is -2.26. The summed E-state index contributed by atoms with van der Waals surface area (Å²) in [6, 6.07) is 8.60. The van der Waals surface area contributed by atoms with Crippen molar-refractivity contribution < 1.29 is 14.3 Å². The minimum absolute atomic E-state index is 0.246. The number of fused-ring (bicyclic) bond motifs is 1. The van der Waals surface area contributed by atoms with E-state index in [0.717, 1.165) is 4.47 Å². The molecule has 0 aliphatic rings. The fourth-order valence-corrected chi connectivity index (χ4v) is 4.24. The molecule has 0 spiro atoms. The minimum atomic E-state index is -0.854. The molecule has 2 aromatic carbocycles. The Labute approximate surface area is 206 Å². The van der Waals surface area contributed by atoms with E-state index in [4.69, 9.17) is 21.1 Å². The Bertz CT molecular complexity index is 1260. The fraction of sp³-hybridized carbons (Fsp3) is 0.273. The van der Waals surface area contributed by atoms with Gasteiger partial charge in [0.1, 0.15) is 11.6 Å². The highest BCUT2D eigenvalue weighted by molar-refractivity contribution is 9.10. The molecule has 1 heterocycles. The number of rotatable bonds is 7. The number of hydrogen-bond acceptors (Lipinski definition) is 6. The predicted octanol–water partition coefficient (Wildman–Crippen LogP) is 5.35. The van der Waals surface area contributed by atoms with E-state index in [9.17, 15) is 9.59 Å². The van der Waals surface area contributed by atoms with Crippen LogP contribution in [0, 0.1) is 0 Å². The lowest BCUT2D eigenvalue weighted by atomic mass is 10.2. The molecule has 0 radical (unpaired) electrons. The summed E-state index contributed by atoms with van der Waals surface area (Å²) in [7, 11) is 0. The summed E-state index contributed by atoms with van der Waals surface area (Å²) in [6.45, 7) is 5.45. The molecular weight excluding hydrogens is 566 g/mol. The molecule has 1 aromatic heterocycles. The number of nitrogens with zero attached hydrogens (tertiary/aromatic N) is 3. The molecule has 168 valence electrons. The number of aromatic nitrogens is 2. The molecule has 0 aliphatic heterocycles. The predicted molar refractivity (Wildman–Crippen MR) is 132 cm³/mol. The minimum Gasteiger partial charge on any atom is -0.477 e. The van der Waals surface area contributed by atoms with Crippen molar-refractivity contribution in [2.45, 2.75) is 33.3 Å². The van der Waals surface area contributed by atoms with Crippen molar-refractivity contribution in [2.75, 3.05) is 6.61 Å². The molecule has 3 aromatic rings. The van der Waals surface area contributed by atoms with Crippen LogP contribution >= 0.6 is 43.5 Å². The normalized spacial score (nSPS) is 12.3. The van der Waals surface area contributed by atoms with Gasteiger partial charge in [-0.25, -0.2) is 9.78 Å². The van der Waals surface area contributed by atoms with Crippen molar-refractivity contribution >= 4 is 66.5 Å². The second-order valence-electron chi connectivity index (χ2n) is 6.72.